The third-order valence-corrected chi connectivity index (χ3v) is 5.28. The third-order valence-electron chi connectivity index (χ3n) is 3.84. The molecule has 1 aromatic rings. The number of nitrogens with zero attached hydrogens (tertiary/aromatic N) is 1. The van der Waals surface area contributed by atoms with Crippen molar-refractivity contribution in [2.75, 3.05) is 24.8 Å². The van der Waals surface area contributed by atoms with Crippen LogP contribution in [0.15, 0.2) is 29.2 Å². The summed E-state index contributed by atoms with van der Waals surface area (Å²) in [5.41, 5.74) is 1.18. The lowest BCUT2D eigenvalue weighted by molar-refractivity contribution is -0.130. The fraction of sp³-hybridized carbons (Fsp3) is 0.562. The van der Waals surface area contributed by atoms with Crippen LogP contribution in [0.3, 0.4) is 0 Å². The summed E-state index contributed by atoms with van der Waals surface area (Å²) in [6, 6.07) is 8.49. The van der Waals surface area contributed by atoms with Gasteiger partial charge < -0.3 is 4.90 Å². The maximum Gasteiger partial charge on any atom is 0.241 e. The van der Waals surface area contributed by atoms with Gasteiger partial charge in [0.15, 0.2) is 0 Å². The summed E-state index contributed by atoms with van der Waals surface area (Å²) < 4.78 is 0. The van der Waals surface area contributed by atoms with Crippen LogP contribution >= 0.6 is 23.5 Å². The molecule has 5 heteroatoms. The molecular formula is C16H24N2OS2. The molecule has 1 saturated heterocycles. The molecule has 21 heavy (non-hydrogen) atoms. The van der Waals surface area contributed by atoms with Crippen LogP contribution < -0.4 is 5.32 Å². The molecule has 116 valence electrons. The summed E-state index contributed by atoms with van der Waals surface area (Å²) in [7, 11) is 0. The summed E-state index contributed by atoms with van der Waals surface area (Å²) in [6.45, 7) is 2.90. The van der Waals surface area contributed by atoms with E-state index in [0.29, 0.717) is 0 Å². The summed E-state index contributed by atoms with van der Waals surface area (Å²) >= 11 is 3.57. The first-order chi connectivity index (χ1) is 10.2. The second-order valence-corrected chi connectivity index (χ2v) is 7.05. The van der Waals surface area contributed by atoms with Crippen molar-refractivity contribution in [3.8, 4) is 0 Å². The third kappa shape index (κ3) is 3.96. The van der Waals surface area contributed by atoms with Crippen molar-refractivity contribution in [1.29, 1.82) is 0 Å². The number of hydrogen-bond donors (Lipinski definition) is 1. The molecule has 1 aromatic carbocycles. The largest absolute Gasteiger partial charge is 0.322 e. The van der Waals surface area contributed by atoms with Gasteiger partial charge >= 0.3 is 0 Å². The average Bonchev–Trinajstić information content (AvgIpc) is 2.84. The van der Waals surface area contributed by atoms with E-state index in [4.69, 9.17) is 0 Å². The molecule has 1 amide bonds. The number of carbonyl (C=O) groups excluding carboxylic acids is 1. The standard InChI is InChI=1S/C16H24N2OS2/c1-4-14-16(19)18(10-5-11-20-2)15(17-14)12-6-8-13(21-3)9-7-12/h6-9,14-15,17H,4-5,10-11H2,1-3H3. The molecule has 3 nitrogen and oxygen atoms in total. The first-order valence-electron chi connectivity index (χ1n) is 7.40. The van der Waals surface area contributed by atoms with Crippen molar-refractivity contribution in [3.63, 3.8) is 0 Å². The molecule has 0 radical (unpaired) electrons. The molecule has 1 heterocycles. The first-order valence-corrected chi connectivity index (χ1v) is 10.0. The molecule has 2 rings (SSSR count). The Morgan fingerprint density at radius 2 is 1.95 bits per heavy atom. The van der Waals surface area contributed by atoms with Crippen molar-refractivity contribution in [1.82, 2.24) is 10.2 Å². The van der Waals surface area contributed by atoms with Gasteiger partial charge in [-0.05, 0) is 48.8 Å². The monoisotopic (exact) mass is 324 g/mol. The molecule has 0 aromatic heterocycles. The average molecular weight is 325 g/mol. The summed E-state index contributed by atoms with van der Waals surface area (Å²) in [6.07, 6.45) is 6.10. The van der Waals surface area contributed by atoms with Crippen LogP contribution in [0.5, 0.6) is 0 Å². The maximum atomic E-state index is 12.5. The van der Waals surface area contributed by atoms with Gasteiger partial charge in [-0.15, -0.1) is 11.8 Å². The molecular weight excluding hydrogens is 300 g/mol. The van der Waals surface area contributed by atoms with Gasteiger partial charge in [0.2, 0.25) is 5.91 Å². The Kier molecular flexibility index (Phi) is 6.45. The number of benzene rings is 1. The van der Waals surface area contributed by atoms with Crippen molar-refractivity contribution in [2.24, 2.45) is 0 Å². The molecule has 2 unspecified atom stereocenters. The Bertz CT molecular complexity index is 464. The van der Waals surface area contributed by atoms with E-state index in [-0.39, 0.29) is 18.1 Å². The fourth-order valence-electron chi connectivity index (χ4n) is 2.65. The van der Waals surface area contributed by atoms with Gasteiger partial charge in [0.1, 0.15) is 6.17 Å². The normalized spacial score (nSPS) is 22.0. The van der Waals surface area contributed by atoms with E-state index in [1.165, 1.54) is 10.5 Å². The van der Waals surface area contributed by atoms with Gasteiger partial charge in [0.05, 0.1) is 6.04 Å². The van der Waals surface area contributed by atoms with Crippen LogP contribution in [0.4, 0.5) is 0 Å². The molecule has 0 bridgehead atoms. The molecule has 0 aliphatic carbocycles. The van der Waals surface area contributed by atoms with Crippen LogP contribution in [-0.2, 0) is 4.79 Å². The number of hydrogen-bond acceptors (Lipinski definition) is 4. The smallest absolute Gasteiger partial charge is 0.241 e. The van der Waals surface area contributed by atoms with Gasteiger partial charge in [-0.1, -0.05) is 19.1 Å². The van der Waals surface area contributed by atoms with E-state index >= 15 is 0 Å². The minimum atomic E-state index is -0.0375. The number of rotatable bonds is 7. The van der Waals surface area contributed by atoms with Crippen molar-refractivity contribution < 1.29 is 4.79 Å². The van der Waals surface area contributed by atoms with Crippen molar-refractivity contribution in [3.05, 3.63) is 29.8 Å². The molecule has 1 fully saturated rings. The van der Waals surface area contributed by atoms with Crippen LogP contribution in [0.25, 0.3) is 0 Å². The Morgan fingerprint density at radius 1 is 1.24 bits per heavy atom. The summed E-state index contributed by atoms with van der Waals surface area (Å²) in [5.74, 6) is 1.34. The minimum Gasteiger partial charge on any atom is -0.322 e. The highest BCUT2D eigenvalue weighted by Gasteiger charge is 2.37. The second-order valence-electron chi connectivity index (χ2n) is 5.18. The summed E-state index contributed by atoms with van der Waals surface area (Å²) in [5, 5.41) is 3.48. The summed E-state index contributed by atoms with van der Waals surface area (Å²) in [4.78, 5) is 15.8. The number of nitrogens with one attached hydrogen (secondary N) is 1. The number of amides is 1. The predicted octanol–water partition coefficient (Wildman–Crippen LogP) is 3.37. The molecule has 1 N–H and O–H groups in total. The van der Waals surface area contributed by atoms with Crippen LogP contribution in [0.2, 0.25) is 0 Å². The zero-order valence-electron chi connectivity index (χ0n) is 13.0. The van der Waals surface area contributed by atoms with Crippen molar-refractivity contribution in [2.45, 2.75) is 36.9 Å². The quantitative estimate of drug-likeness (QED) is 0.616. The van der Waals surface area contributed by atoms with E-state index in [2.05, 4.69) is 49.0 Å². The van der Waals surface area contributed by atoms with E-state index in [1.807, 2.05) is 16.7 Å². The maximum absolute atomic E-state index is 12.5. The van der Waals surface area contributed by atoms with Crippen LogP contribution in [0.1, 0.15) is 31.5 Å². The molecule has 0 spiro atoms. The van der Waals surface area contributed by atoms with Crippen molar-refractivity contribution >= 4 is 29.4 Å². The lowest BCUT2D eigenvalue weighted by atomic mass is 10.1. The Morgan fingerprint density at radius 3 is 2.52 bits per heavy atom. The van der Waals surface area contributed by atoms with Gasteiger partial charge in [-0.2, -0.15) is 11.8 Å². The molecule has 1 aliphatic rings. The Balaban J connectivity index is 2.14. The topological polar surface area (TPSA) is 32.3 Å². The molecule has 2 atom stereocenters. The number of thioether (sulfide) groups is 2. The fourth-order valence-corrected chi connectivity index (χ4v) is 3.48. The Hall–Kier alpha value is -0.650. The minimum absolute atomic E-state index is 0.0280. The van der Waals surface area contributed by atoms with E-state index in [1.54, 1.807) is 11.8 Å². The highest BCUT2D eigenvalue weighted by molar-refractivity contribution is 7.98. The SMILES string of the molecule is CCC1NC(c2ccc(SC)cc2)N(CCCSC)C1=O. The van der Waals surface area contributed by atoms with Gasteiger partial charge in [-0.3, -0.25) is 10.1 Å². The lowest BCUT2D eigenvalue weighted by Gasteiger charge is -2.24. The predicted molar refractivity (Wildman–Crippen MR) is 92.9 cm³/mol. The van der Waals surface area contributed by atoms with E-state index < -0.39 is 0 Å². The Labute approximate surface area is 136 Å². The first kappa shape index (κ1) is 16.7. The lowest BCUT2D eigenvalue weighted by Crippen LogP contribution is -2.32. The zero-order valence-corrected chi connectivity index (χ0v) is 14.6. The van der Waals surface area contributed by atoms with Gasteiger partial charge in [0.25, 0.3) is 0 Å². The van der Waals surface area contributed by atoms with E-state index in [0.717, 1.165) is 25.1 Å². The number of carbonyl (C=O) groups is 1. The highest BCUT2D eigenvalue weighted by atomic mass is 32.2. The molecule has 1 aliphatic heterocycles. The van der Waals surface area contributed by atoms with Crippen LogP contribution in [-0.4, -0.2) is 41.7 Å². The van der Waals surface area contributed by atoms with Gasteiger partial charge in [0, 0.05) is 11.4 Å². The molecule has 0 saturated carbocycles. The zero-order chi connectivity index (χ0) is 15.2. The highest BCUT2D eigenvalue weighted by Crippen LogP contribution is 2.28. The van der Waals surface area contributed by atoms with E-state index in [9.17, 15) is 4.79 Å². The second kappa shape index (κ2) is 8.11. The van der Waals surface area contributed by atoms with Crippen LogP contribution in [0, 0.1) is 0 Å². The van der Waals surface area contributed by atoms with Gasteiger partial charge in [-0.25, -0.2) is 0 Å².